The van der Waals surface area contributed by atoms with Crippen LogP contribution in [0, 0.1) is 0 Å². The number of ether oxygens (including phenoxy) is 1. The lowest BCUT2D eigenvalue weighted by Crippen LogP contribution is -2.41. The van der Waals surface area contributed by atoms with Crippen LogP contribution in [0.25, 0.3) is 10.9 Å². The number of hydrazone groups is 1. The molecule has 0 saturated carbocycles. The van der Waals surface area contributed by atoms with Crippen molar-refractivity contribution in [3.8, 4) is 5.75 Å². The molecule has 1 fully saturated rings. The molecule has 3 aromatic rings. The number of fused-ring (bicyclic) bond motifs is 1. The highest BCUT2D eigenvalue weighted by Gasteiger charge is 2.30. The summed E-state index contributed by atoms with van der Waals surface area (Å²) in [7, 11) is 1.64. The molecule has 1 aliphatic rings. The van der Waals surface area contributed by atoms with E-state index in [1.807, 2.05) is 54.7 Å². The quantitative estimate of drug-likeness (QED) is 0.413. The molecule has 0 bridgehead atoms. The molecule has 1 aromatic heterocycles. The third kappa shape index (κ3) is 3.69. The second-order valence-electron chi connectivity index (χ2n) is 6.43. The van der Waals surface area contributed by atoms with E-state index >= 15 is 0 Å². The van der Waals surface area contributed by atoms with Crippen molar-refractivity contribution in [1.82, 2.24) is 21.3 Å². The van der Waals surface area contributed by atoms with Gasteiger partial charge in [-0.1, -0.05) is 30.3 Å². The van der Waals surface area contributed by atoms with Crippen LogP contribution in [0.5, 0.6) is 5.75 Å². The number of H-pyrrole nitrogens is 1. The van der Waals surface area contributed by atoms with Crippen molar-refractivity contribution in [3.63, 3.8) is 0 Å². The summed E-state index contributed by atoms with van der Waals surface area (Å²) in [4.78, 5) is 15.5. The number of methoxy groups -OCH3 is 1. The van der Waals surface area contributed by atoms with Gasteiger partial charge in [-0.25, -0.2) is 16.3 Å². The summed E-state index contributed by atoms with van der Waals surface area (Å²) < 4.78 is 5.17. The largest absolute Gasteiger partial charge is 0.497 e. The fourth-order valence-corrected chi connectivity index (χ4v) is 3.23. The molecule has 27 heavy (non-hydrogen) atoms. The summed E-state index contributed by atoms with van der Waals surface area (Å²) in [6.07, 6.45) is 4.16. The van der Waals surface area contributed by atoms with Gasteiger partial charge in [0.1, 0.15) is 11.8 Å². The van der Waals surface area contributed by atoms with Crippen LogP contribution in [0.15, 0.2) is 59.8 Å². The number of aromatic amines is 1. The summed E-state index contributed by atoms with van der Waals surface area (Å²) in [6, 6.07) is 15.5. The molecule has 2 unspecified atom stereocenters. The monoisotopic (exact) mass is 363 g/mol. The van der Waals surface area contributed by atoms with Crippen LogP contribution in [0.1, 0.15) is 23.6 Å². The van der Waals surface area contributed by atoms with Crippen LogP contribution in [0.2, 0.25) is 0 Å². The van der Waals surface area contributed by atoms with Gasteiger partial charge in [-0.3, -0.25) is 4.79 Å². The summed E-state index contributed by atoms with van der Waals surface area (Å²) >= 11 is 0. The Labute approximate surface area is 156 Å². The Bertz CT molecular complexity index is 964. The molecule has 2 aromatic carbocycles. The summed E-state index contributed by atoms with van der Waals surface area (Å²) in [5, 5.41) is 5.17. The third-order valence-corrected chi connectivity index (χ3v) is 4.74. The Balaban J connectivity index is 1.35. The Morgan fingerprint density at radius 1 is 1.19 bits per heavy atom. The molecule has 1 amide bonds. The van der Waals surface area contributed by atoms with E-state index in [-0.39, 0.29) is 18.0 Å². The van der Waals surface area contributed by atoms with Crippen LogP contribution < -0.4 is 21.0 Å². The molecule has 7 heteroatoms. The standard InChI is InChI=1S/C20H21N5O2/c1-27-15-8-6-13(7-9-15)18-10-19(24-23-18)20(26)25-22-12-14-11-21-17-5-3-2-4-16(14)17/h2-9,11-12,18-19,21,23-24H,10H2,1H3,(H,25,26)/b22-12+. The van der Waals surface area contributed by atoms with Crippen LogP contribution in [-0.4, -0.2) is 30.3 Å². The van der Waals surface area contributed by atoms with E-state index in [9.17, 15) is 4.79 Å². The highest BCUT2D eigenvalue weighted by Crippen LogP contribution is 2.24. The molecule has 2 heterocycles. The van der Waals surface area contributed by atoms with E-state index in [0.717, 1.165) is 27.8 Å². The number of hydrogen-bond acceptors (Lipinski definition) is 5. The van der Waals surface area contributed by atoms with Crippen molar-refractivity contribution in [2.75, 3.05) is 7.11 Å². The van der Waals surface area contributed by atoms with E-state index in [1.54, 1.807) is 13.3 Å². The minimum Gasteiger partial charge on any atom is -0.497 e. The maximum absolute atomic E-state index is 12.4. The zero-order chi connectivity index (χ0) is 18.6. The first-order valence-electron chi connectivity index (χ1n) is 8.78. The van der Waals surface area contributed by atoms with E-state index in [4.69, 9.17) is 4.74 Å². The SMILES string of the molecule is COc1ccc(C2CC(C(=O)N/N=C/c3c[nH]c4ccccc34)NN2)cc1. The number of amides is 1. The van der Waals surface area contributed by atoms with E-state index in [1.165, 1.54) is 0 Å². The number of nitrogens with zero attached hydrogens (tertiary/aromatic N) is 1. The maximum atomic E-state index is 12.4. The number of carbonyl (C=O) groups excluding carboxylic acids is 1. The Hall–Kier alpha value is -3.16. The minimum absolute atomic E-state index is 0.0595. The van der Waals surface area contributed by atoms with Gasteiger partial charge in [-0.2, -0.15) is 5.10 Å². The van der Waals surface area contributed by atoms with Gasteiger partial charge in [0, 0.05) is 28.7 Å². The number of nitrogens with one attached hydrogen (secondary N) is 4. The van der Waals surface area contributed by atoms with E-state index in [0.29, 0.717) is 6.42 Å². The second kappa shape index (κ2) is 7.61. The van der Waals surface area contributed by atoms with Crippen molar-refractivity contribution in [2.24, 2.45) is 5.10 Å². The van der Waals surface area contributed by atoms with Gasteiger partial charge in [0.25, 0.3) is 5.91 Å². The first-order chi connectivity index (χ1) is 13.2. The first kappa shape index (κ1) is 17.3. The van der Waals surface area contributed by atoms with Gasteiger partial charge >= 0.3 is 0 Å². The molecule has 1 aliphatic heterocycles. The zero-order valence-corrected chi connectivity index (χ0v) is 14.9. The number of rotatable bonds is 5. The minimum atomic E-state index is -0.350. The fourth-order valence-electron chi connectivity index (χ4n) is 3.23. The lowest BCUT2D eigenvalue weighted by atomic mass is 10.0. The molecule has 4 N–H and O–H groups in total. The molecule has 7 nitrogen and oxygen atoms in total. The Kier molecular flexibility index (Phi) is 4.86. The first-order valence-corrected chi connectivity index (χ1v) is 8.78. The van der Waals surface area contributed by atoms with Crippen LogP contribution in [0.4, 0.5) is 0 Å². The molecule has 138 valence electrons. The van der Waals surface area contributed by atoms with Gasteiger partial charge in [0.2, 0.25) is 0 Å². The van der Waals surface area contributed by atoms with Crippen molar-refractivity contribution < 1.29 is 9.53 Å². The van der Waals surface area contributed by atoms with Crippen molar-refractivity contribution in [2.45, 2.75) is 18.5 Å². The molecule has 1 saturated heterocycles. The number of hydrazine groups is 1. The lowest BCUT2D eigenvalue weighted by molar-refractivity contribution is -0.122. The van der Waals surface area contributed by atoms with Gasteiger partial charge in [0.05, 0.1) is 13.3 Å². The topological polar surface area (TPSA) is 90.5 Å². The number of hydrogen-bond donors (Lipinski definition) is 4. The highest BCUT2D eigenvalue weighted by atomic mass is 16.5. The second-order valence-corrected chi connectivity index (χ2v) is 6.43. The van der Waals surface area contributed by atoms with Crippen molar-refractivity contribution in [1.29, 1.82) is 0 Å². The van der Waals surface area contributed by atoms with Gasteiger partial charge < -0.3 is 9.72 Å². The average molecular weight is 363 g/mol. The molecular formula is C20H21N5O2. The van der Waals surface area contributed by atoms with E-state index in [2.05, 4.69) is 26.4 Å². The number of para-hydroxylation sites is 1. The molecule has 4 rings (SSSR count). The number of aromatic nitrogens is 1. The predicted molar refractivity (Wildman–Crippen MR) is 104 cm³/mol. The normalized spacial score (nSPS) is 19.6. The maximum Gasteiger partial charge on any atom is 0.258 e. The molecule has 0 aliphatic carbocycles. The summed E-state index contributed by atoms with van der Waals surface area (Å²) in [6.45, 7) is 0. The molecule has 0 radical (unpaired) electrons. The zero-order valence-electron chi connectivity index (χ0n) is 14.9. The van der Waals surface area contributed by atoms with Crippen LogP contribution >= 0.6 is 0 Å². The summed E-state index contributed by atoms with van der Waals surface area (Å²) in [5.41, 5.74) is 11.9. The van der Waals surface area contributed by atoms with E-state index < -0.39 is 0 Å². The number of carbonyl (C=O) groups is 1. The lowest BCUT2D eigenvalue weighted by Gasteiger charge is -2.10. The average Bonchev–Trinajstić information content (AvgIpc) is 3.36. The molecule has 2 atom stereocenters. The van der Waals surface area contributed by atoms with Crippen molar-refractivity contribution in [3.05, 3.63) is 65.9 Å². The third-order valence-electron chi connectivity index (χ3n) is 4.74. The Morgan fingerprint density at radius 3 is 2.81 bits per heavy atom. The molecule has 0 spiro atoms. The van der Waals surface area contributed by atoms with Crippen LogP contribution in [0.3, 0.4) is 0 Å². The van der Waals surface area contributed by atoms with Gasteiger partial charge in [-0.05, 0) is 30.2 Å². The Morgan fingerprint density at radius 2 is 2.00 bits per heavy atom. The predicted octanol–water partition coefficient (Wildman–Crippen LogP) is 2.23. The highest BCUT2D eigenvalue weighted by molar-refractivity contribution is 5.99. The van der Waals surface area contributed by atoms with Gasteiger partial charge in [0.15, 0.2) is 0 Å². The van der Waals surface area contributed by atoms with Crippen molar-refractivity contribution >= 4 is 23.0 Å². The van der Waals surface area contributed by atoms with Crippen LogP contribution in [-0.2, 0) is 4.79 Å². The molecular weight excluding hydrogens is 342 g/mol. The smallest absolute Gasteiger partial charge is 0.258 e. The summed E-state index contributed by atoms with van der Waals surface area (Å²) in [5.74, 6) is 0.639. The fraction of sp³-hybridized carbons (Fsp3) is 0.200. The van der Waals surface area contributed by atoms with Gasteiger partial charge in [-0.15, -0.1) is 0 Å². The number of benzene rings is 2.